The van der Waals surface area contributed by atoms with Gasteiger partial charge in [0.1, 0.15) is 12.1 Å². The Balaban J connectivity index is 2.44. The number of nitriles is 2. The lowest BCUT2D eigenvalue weighted by Crippen LogP contribution is -2.07. The molecule has 0 fully saturated rings. The van der Waals surface area contributed by atoms with Gasteiger partial charge in [0.2, 0.25) is 0 Å². The molecule has 1 aliphatic carbocycles. The van der Waals surface area contributed by atoms with Gasteiger partial charge in [0.25, 0.3) is 0 Å². The molecule has 0 heterocycles. The molecule has 0 amide bonds. The zero-order valence-corrected chi connectivity index (χ0v) is 14.3. The Hall–Kier alpha value is -2.30. The van der Waals surface area contributed by atoms with E-state index < -0.39 is 0 Å². The van der Waals surface area contributed by atoms with Crippen LogP contribution in [-0.4, -0.2) is 0 Å². The number of hydrogen-bond donors (Lipinski definition) is 1. The number of hydrogen-bond acceptors (Lipinski definition) is 3. The van der Waals surface area contributed by atoms with Gasteiger partial charge in [-0.3, -0.25) is 0 Å². The third-order valence-electron chi connectivity index (χ3n) is 4.48. The summed E-state index contributed by atoms with van der Waals surface area (Å²) in [5.41, 5.74) is 11.5. The Morgan fingerprint density at radius 2 is 1.57 bits per heavy atom. The van der Waals surface area contributed by atoms with E-state index in [9.17, 15) is 10.5 Å². The van der Waals surface area contributed by atoms with Crippen molar-refractivity contribution in [3.8, 4) is 23.3 Å². The Morgan fingerprint density at radius 1 is 0.913 bits per heavy atom. The van der Waals surface area contributed by atoms with Gasteiger partial charge in [0.05, 0.1) is 16.8 Å². The Kier molecular flexibility index (Phi) is 4.37. The third-order valence-corrected chi connectivity index (χ3v) is 5.17. The van der Waals surface area contributed by atoms with Gasteiger partial charge >= 0.3 is 0 Å². The summed E-state index contributed by atoms with van der Waals surface area (Å²) in [6.45, 7) is 0. The first-order valence-corrected chi connectivity index (χ1v) is 8.50. The summed E-state index contributed by atoms with van der Waals surface area (Å²) in [6.07, 6.45) is 5.00. The summed E-state index contributed by atoms with van der Waals surface area (Å²) in [7, 11) is 0. The van der Waals surface area contributed by atoms with Crippen LogP contribution in [0.4, 0.5) is 5.69 Å². The van der Waals surface area contributed by atoms with Crippen molar-refractivity contribution in [1.29, 1.82) is 10.5 Å². The molecule has 0 aromatic heterocycles. The number of anilines is 1. The first kappa shape index (κ1) is 15.6. The van der Waals surface area contributed by atoms with E-state index in [2.05, 4.69) is 28.1 Å². The van der Waals surface area contributed by atoms with Crippen molar-refractivity contribution < 1.29 is 0 Å². The fourth-order valence-electron chi connectivity index (χ4n) is 3.41. The van der Waals surface area contributed by atoms with Gasteiger partial charge in [-0.1, -0.05) is 40.5 Å². The highest BCUT2D eigenvalue weighted by atomic mass is 79.9. The van der Waals surface area contributed by atoms with Crippen molar-refractivity contribution in [1.82, 2.24) is 0 Å². The highest BCUT2D eigenvalue weighted by molar-refractivity contribution is 9.10. The summed E-state index contributed by atoms with van der Waals surface area (Å²) in [5, 5.41) is 19.2. The number of benzene rings is 2. The molecule has 0 saturated carbocycles. The molecule has 1 aliphatic rings. The molecule has 0 atom stereocenters. The fourth-order valence-corrected chi connectivity index (χ4v) is 3.90. The van der Waals surface area contributed by atoms with Gasteiger partial charge < -0.3 is 5.73 Å². The first-order chi connectivity index (χ1) is 11.2. The van der Waals surface area contributed by atoms with E-state index in [1.165, 1.54) is 0 Å². The van der Waals surface area contributed by atoms with Crippen LogP contribution in [0.1, 0.15) is 41.5 Å². The maximum Gasteiger partial charge on any atom is 0.102 e. The number of nitrogens with two attached hydrogens (primary N) is 1. The van der Waals surface area contributed by atoms with Gasteiger partial charge in [-0.05, 0) is 48.4 Å². The predicted octanol–water partition coefficient (Wildman–Crippen LogP) is 4.71. The normalized spacial score (nSPS) is 13.5. The first-order valence-electron chi connectivity index (χ1n) is 7.71. The molecule has 0 radical (unpaired) electrons. The van der Waals surface area contributed by atoms with E-state index >= 15 is 0 Å². The van der Waals surface area contributed by atoms with Crippen LogP contribution in [-0.2, 0) is 12.8 Å². The maximum absolute atomic E-state index is 9.69. The van der Waals surface area contributed by atoms with E-state index in [0.29, 0.717) is 16.8 Å². The lowest BCUT2D eigenvalue weighted by Gasteiger charge is -2.19. The van der Waals surface area contributed by atoms with Crippen molar-refractivity contribution in [3.05, 3.63) is 51.0 Å². The molecule has 0 bridgehead atoms. The van der Waals surface area contributed by atoms with Crippen LogP contribution in [0, 0.1) is 22.7 Å². The smallest absolute Gasteiger partial charge is 0.102 e. The minimum Gasteiger partial charge on any atom is -0.397 e. The SMILES string of the molecule is N#Cc1c(N)c(C#N)c(-c2ccccc2Br)c2c1CCCCC2. The minimum absolute atomic E-state index is 0.321. The predicted molar refractivity (Wildman–Crippen MR) is 94.7 cm³/mol. The summed E-state index contributed by atoms with van der Waals surface area (Å²) in [5.74, 6) is 0. The maximum atomic E-state index is 9.69. The zero-order valence-electron chi connectivity index (χ0n) is 12.7. The van der Waals surface area contributed by atoms with E-state index in [0.717, 1.165) is 58.8 Å². The lowest BCUT2D eigenvalue weighted by molar-refractivity contribution is 0.711. The van der Waals surface area contributed by atoms with Crippen LogP contribution < -0.4 is 5.73 Å². The second-order valence-electron chi connectivity index (χ2n) is 5.76. The molecule has 0 aliphatic heterocycles. The van der Waals surface area contributed by atoms with Crippen molar-refractivity contribution >= 4 is 21.6 Å². The molecule has 23 heavy (non-hydrogen) atoms. The fraction of sp³-hybridized carbons (Fsp3) is 0.263. The molecule has 114 valence electrons. The van der Waals surface area contributed by atoms with Gasteiger partial charge in [-0.2, -0.15) is 10.5 Å². The summed E-state index contributed by atoms with van der Waals surface area (Å²) in [6, 6.07) is 12.3. The van der Waals surface area contributed by atoms with Gasteiger partial charge in [0, 0.05) is 10.0 Å². The molecule has 3 nitrogen and oxygen atoms in total. The third kappa shape index (κ3) is 2.60. The molecule has 3 rings (SSSR count). The van der Waals surface area contributed by atoms with Gasteiger partial charge in [-0.25, -0.2) is 0 Å². The van der Waals surface area contributed by atoms with Crippen molar-refractivity contribution in [2.75, 3.05) is 5.73 Å². The number of nitrogens with zero attached hydrogens (tertiary/aromatic N) is 2. The summed E-state index contributed by atoms with van der Waals surface area (Å²) in [4.78, 5) is 0. The Morgan fingerprint density at radius 3 is 2.22 bits per heavy atom. The molecule has 0 saturated heterocycles. The summed E-state index contributed by atoms with van der Waals surface area (Å²) < 4.78 is 0.937. The van der Waals surface area contributed by atoms with Crippen molar-refractivity contribution in [2.45, 2.75) is 32.1 Å². The van der Waals surface area contributed by atoms with E-state index in [1.807, 2.05) is 24.3 Å². The minimum atomic E-state index is 0.321. The van der Waals surface area contributed by atoms with Gasteiger partial charge in [-0.15, -0.1) is 0 Å². The standard InChI is InChI=1S/C19H16BrN3/c20-17-9-5-4-8-14(17)18-13-7-3-1-2-6-12(13)15(10-21)19(23)16(18)11-22/h4-5,8-9H,1-3,6-7,23H2. The van der Waals surface area contributed by atoms with Crippen LogP contribution in [0.3, 0.4) is 0 Å². The number of rotatable bonds is 1. The average Bonchev–Trinajstić information content (AvgIpc) is 2.80. The monoisotopic (exact) mass is 365 g/mol. The van der Waals surface area contributed by atoms with E-state index in [-0.39, 0.29) is 0 Å². The van der Waals surface area contributed by atoms with Crippen molar-refractivity contribution in [3.63, 3.8) is 0 Å². The van der Waals surface area contributed by atoms with Crippen LogP contribution in [0.2, 0.25) is 0 Å². The van der Waals surface area contributed by atoms with Crippen LogP contribution in [0.5, 0.6) is 0 Å². The molecule has 4 heteroatoms. The Labute approximate surface area is 144 Å². The summed E-state index contributed by atoms with van der Waals surface area (Å²) >= 11 is 3.59. The molecule has 2 aromatic carbocycles. The highest BCUT2D eigenvalue weighted by Gasteiger charge is 2.25. The number of fused-ring (bicyclic) bond motifs is 1. The van der Waals surface area contributed by atoms with Crippen LogP contribution >= 0.6 is 15.9 Å². The largest absolute Gasteiger partial charge is 0.397 e. The second-order valence-corrected chi connectivity index (χ2v) is 6.61. The zero-order chi connectivity index (χ0) is 16.4. The Bertz CT molecular complexity index is 856. The number of halogens is 1. The lowest BCUT2D eigenvalue weighted by atomic mass is 9.85. The molecular formula is C19H16BrN3. The molecular weight excluding hydrogens is 350 g/mol. The van der Waals surface area contributed by atoms with Crippen LogP contribution in [0.15, 0.2) is 28.7 Å². The van der Waals surface area contributed by atoms with Crippen molar-refractivity contribution in [2.24, 2.45) is 0 Å². The quantitative estimate of drug-likeness (QED) is 0.587. The van der Waals surface area contributed by atoms with Gasteiger partial charge in [0.15, 0.2) is 0 Å². The molecule has 2 aromatic rings. The molecule has 0 spiro atoms. The second kappa shape index (κ2) is 6.44. The van der Waals surface area contributed by atoms with E-state index in [4.69, 9.17) is 5.73 Å². The highest BCUT2D eigenvalue weighted by Crippen LogP contribution is 2.41. The van der Waals surface area contributed by atoms with E-state index in [1.54, 1.807) is 0 Å². The topological polar surface area (TPSA) is 73.6 Å². The average molecular weight is 366 g/mol. The molecule has 2 N–H and O–H groups in total. The number of nitrogen functional groups attached to an aromatic ring is 1. The molecule has 0 unspecified atom stereocenters. The van der Waals surface area contributed by atoms with Crippen LogP contribution in [0.25, 0.3) is 11.1 Å².